The zero-order chi connectivity index (χ0) is 10.6. The lowest BCUT2D eigenvalue weighted by molar-refractivity contribution is -0.137. The van der Waals surface area contributed by atoms with Gasteiger partial charge in [-0.15, -0.1) is 0 Å². The summed E-state index contributed by atoms with van der Waals surface area (Å²) >= 11 is 0. The minimum absolute atomic E-state index is 0.197. The molecule has 0 amide bonds. The fourth-order valence-electron chi connectivity index (χ4n) is 0.977. The molecule has 6 heteroatoms. The summed E-state index contributed by atoms with van der Waals surface area (Å²) in [6.07, 6.45) is 2.06. The van der Waals surface area contributed by atoms with Gasteiger partial charge in [-0.05, 0) is 0 Å². The SMILES string of the molecule is O=C(O)Cc1nccnc1CC(=O)O. The molecular formula is C8H8N2O4. The van der Waals surface area contributed by atoms with Crippen molar-refractivity contribution < 1.29 is 19.8 Å². The summed E-state index contributed by atoms with van der Waals surface area (Å²) < 4.78 is 0. The van der Waals surface area contributed by atoms with E-state index in [-0.39, 0.29) is 24.2 Å². The van der Waals surface area contributed by atoms with Crippen molar-refractivity contribution >= 4 is 11.9 Å². The Kier molecular flexibility index (Phi) is 3.11. The molecule has 0 bridgehead atoms. The van der Waals surface area contributed by atoms with Crippen molar-refractivity contribution in [2.75, 3.05) is 0 Å². The first-order valence-electron chi connectivity index (χ1n) is 3.82. The lowest BCUT2D eigenvalue weighted by Gasteiger charge is -2.01. The fraction of sp³-hybridized carbons (Fsp3) is 0.250. The Balaban J connectivity index is 2.90. The highest BCUT2D eigenvalue weighted by Crippen LogP contribution is 2.03. The Bertz CT molecular complexity index is 329. The number of hydrogen-bond acceptors (Lipinski definition) is 4. The van der Waals surface area contributed by atoms with Crippen molar-refractivity contribution in [1.82, 2.24) is 9.97 Å². The van der Waals surface area contributed by atoms with Crippen molar-refractivity contribution in [3.8, 4) is 0 Å². The van der Waals surface area contributed by atoms with Crippen molar-refractivity contribution in [2.45, 2.75) is 12.8 Å². The van der Waals surface area contributed by atoms with Crippen molar-refractivity contribution in [2.24, 2.45) is 0 Å². The van der Waals surface area contributed by atoms with E-state index in [1.807, 2.05) is 0 Å². The molecule has 1 aromatic rings. The van der Waals surface area contributed by atoms with Gasteiger partial charge >= 0.3 is 11.9 Å². The van der Waals surface area contributed by atoms with Gasteiger partial charge in [0.15, 0.2) is 0 Å². The van der Waals surface area contributed by atoms with Crippen LogP contribution in [0.3, 0.4) is 0 Å². The largest absolute Gasteiger partial charge is 0.481 e. The Morgan fingerprint density at radius 2 is 1.36 bits per heavy atom. The summed E-state index contributed by atoms with van der Waals surface area (Å²) in [5, 5.41) is 17.0. The highest BCUT2D eigenvalue weighted by Gasteiger charge is 2.11. The van der Waals surface area contributed by atoms with Crippen LogP contribution in [0.25, 0.3) is 0 Å². The van der Waals surface area contributed by atoms with E-state index >= 15 is 0 Å². The van der Waals surface area contributed by atoms with Gasteiger partial charge in [0.05, 0.1) is 24.2 Å². The molecule has 0 aliphatic rings. The van der Waals surface area contributed by atoms with Crippen LogP contribution in [0.5, 0.6) is 0 Å². The van der Waals surface area contributed by atoms with E-state index in [2.05, 4.69) is 9.97 Å². The van der Waals surface area contributed by atoms with Crippen LogP contribution in [0.4, 0.5) is 0 Å². The molecule has 0 aliphatic heterocycles. The minimum atomic E-state index is -1.06. The Labute approximate surface area is 79.2 Å². The van der Waals surface area contributed by atoms with E-state index in [1.165, 1.54) is 12.4 Å². The summed E-state index contributed by atoms with van der Waals surface area (Å²) in [6, 6.07) is 0. The van der Waals surface area contributed by atoms with Crippen LogP contribution in [0.2, 0.25) is 0 Å². The molecule has 2 N–H and O–H groups in total. The highest BCUT2D eigenvalue weighted by atomic mass is 16.4. The molecule has 0 fully saturated rings. The molecule has 0 spiro atoms. The average Bonchev–Trinajstić information content (AvgIpc) is 2.06. The second-order valence-electron chi connectivity index (χ2n) is 2.59. The van der Waals surface area contributed by atoms with Gasteiger partial charge in [-0.25, -0.2) is 0 Å². The van der Waals surface area contributed by atoms with Gasteiger partial charge in [0.1, 0.15) is 0 Å². The van der Waals surface area contributed by atoms with Gasteiger partial charge in [0.25, 0.3) is 0 Å². The number of carboxylic acids is 2. The van der Waals surface area contributed by atoms with E-state index < -0.39 is 11.9 Å². The summed E-state index contributed by atoms with van der Waals surface area (Å²) in [4.78, 5) is 28.3. The highest BCUT2D eigenvalue weighted by molar-refractivity contribution is 5.72. The molecule has 0 unspecified atom stereocenters. The van der Waals surface area contributed by atoms with E-state index in [9.17, 15) is 9.59 Å². The fourth-order valence-corrected chi connectivity index (χ4v) is 0.977. The maximum Gasteiger partial charge on any atom is 0.309 e. The zero-order valence-corrected chi connectivity index (χ0v) is 7.17. The van der Waals surface area contributed by atoms with Crippen molar-refractivity contribution in [3.05, 3.63) is 23.8 Å². The molecule has 1 rings (SSSR count). The molecule has 74 valence electrons. The average molecular weight is 196 g/mol. The number of rotatable bonds is 4. The molecule has 1 aromatic heterocycles. The van der Waals surface area contributed by atoms with Gasteiger partial charge in [0.2, 0.25) is 0 Å². The summed E-state index contributed by atoms with van der Waals surface area (Å²) in [7, 11) is 0. The van der Waals surface area contributed by atoms with Crippen LogP contribution < -0.4 is 0 Å². The monoisotopic (exact) mass is 196 g/mol. The van der Waals surface area contributed by atoms with Crippen molar-refractivity contribution in [1.29, 1.82) is 0 Å². The maximum atomic E-state index is 10.4. The molecule has 0 aromatic carbocycles. The summed E-state index contributed by atoms with van der Waals surface area (Å²) in [5.74, 6) is -2.12. The third-order valence-electron chi connectivity index (χ3n) is 1.50. The van der Waals surface area contributed by atoms with E-state index in [0.29, 0.717) is 0 Å². The van der Waals surface area contributed by atoms with Crippen LogP contribution in [-0.2, 0) is 22.4 Å². The van der Waals surface area contributed by atoms with Gasteiger partial charge in [-0.1, -0.05) is 0 Å². The van der Waals surface area contributed by atoms with Crippen LogP contribution >= 0.6 is 0 Å². The third kappa shape index (κ3) is 2.81. The lowest BCUT2D eigenvalue weighted by Crippen LogP contribution is -2.11. The van der Waals surface area contributed by atoms with Gasteiger partial charge in [-0.3, -0.25) is 19.6 Å². The predicted octanol–water partition coefficient (Wildman–Crippen LogP) is -0.269. The van der Waals surface area contributed by atoms with Gasteiger partial charge < -0.3 is 10.2 Å². The first-order valence-corrected chi connectivity index (χ1v) is 3.82. The first kappa shape index (κ1) is 10.1. The quantitative estimate of drug-likeness (QED) is 0.687. The number of nitrogens with zero attached hydrogens (tertiary/aromatic N) is 2. The molecule has 1 heterocycles. The van der Waals surface area contributed by atoms with Crippen LogP contribution in [-0.4, -0.2) is 32.1 Å². The smallest absolute Gasteiger partial charge is 0.309 e. The number of hydrogen-bond donors (Lipinski definition) is 2. The second-order valence-corrected chi connectivity index (χ2v) is 2.59. The molecule has 0 saturated heterocycles. The number of aliphatic carboxylic acids is 2. The molecule has 0 radical (unpaired) electrons. The molecule has 0 saturated carbocycles. The number of aromatic nitrogens is 2. The number of carboxylic acid groups (broad SMARTS) is 2. The van der Waals surface area contributed by atoms with E-state index in [0.717, 1.165) is 0 Å². The first-order chi connectivity index (χ1) is 6.59. The minimum Gasteiger partial charge on any atom is -0.481 e. The molecule has 14 heavy (non-hydrogen) atoms. The normalized spacial score (nSPS) is 9.71. The second kappa shape index (κ2) is 4.31. The lowest BCUT2D eigenvalue weighted by atomic mass is 10.2. The Morgan fingerprint density at radius 3 is 1.64 bits per heavy atom. The molecule has 0 aliphatic carbocycles. The molecule has 6 nitrogen and oxygen atoms in total. The predicted molar refractivity (Wildman–Crippen MR) is 44.7 cm³/mol. The molecular weight excluding hydrogens is 188 g/mol. The van der Waals surface area contributed by atoms with Crippen LogP contribution in [0.15, 0.2) is 12.4 Å². The standard InChI is InChI=1S/C8H8N2O4/c11-7(12)3-5-6(4-8(13)14)10-2-1-9-5/h1-2H,3-4H2,(H,11,12)(H,13,14). The zero-order valence-electron chi connectivity index (χ0n) is 7.17. The van der Waals surface area contributed by atoms with E-state index in [1.54, 1.807) is 0 Å². The Hall–Kier alpha value is -1.98. The van der Waals surface area contributed by atoms with Crippen LogP contribution in [0.1, 0.15) is 11.4 Å². The van der Waals surface area contributed by atoms with Crippen molar-refractivity contribution in [3.63, 3.8) is 0 Å². The van der Waals surface area contributed by atoms with E-state index in [4.69, 9.17) is 10.2 Å². The summed E-state index contributed by atoms with van der Waals surface area (Å²) in [6.45, 7) is 0. The third-order valence-corrected chi connectivity index (χ3v) is 1.50. The topological polar surface area (TPSA) is 100 Å². The maximum absolute atomic E-state index is 10.4. The number of carbonyl (C=O) groups is 2. The van der Waals surface area contributed by atoms with Crippen LogP contribution in [0, 0.1) is 0 Å². The van der Waals surface area contributed by atoms with Gasteiger partial charge in [0, 0.05) is 12.4 Å². The Morgan fingerprint density at radius 1 is 1.00 bits per heavy atom. The summed E-state index contributed by atoms with van der Waals surface area (Å²) in [5.41, 5.74) is 0.393. The van der Waals surface area contributed by atoms with Gasteiger partial charge in [-0.2, -0.15) is 0 Å². The molecule has 0 atom stereocenters.